The van der Waals surface area contributed by atoms with E-state index in [9.17, 15) is 4.79 Å². The fraction of sp³-hybridized carbons (Fsp3) is 0.412. The summed E-state index contributed by atoms with van der Waals surface area (Å²) in [7, 11) is 0. The molecule has 0 unspecified atom stereocenters. The standard InChI is InChI=1S/C17H21N5O2/c1-2-24-16(23)13-9-5-6-10-14(13)20-15-11-18-22-17(21-15)19-12-7-3-4-8-12/h5-6,9-12H,2-4,7-8H2,1H3,(H2,19,20,21,22). The monoisotopic (exact) mass is 327 g/mol. The molecule has 0 spiro atoms. The van der Waals surface area contributed by atoms with Gasteiger partial charge in [-0.1, -0.05) is 25.0 Å². The van der Waals surface area contributed by atoms with Gasteiger partial charge in [-0.25, -0.2) is 4.79 Å². The van der Waals surface area contributed by atoms with Gasteiger partial charge in [0.1, 0.15) is 0 Å². The van der Waals surface area contributed by atoms with E-state index >= 15 is 0 Å². The van der Waals surface area contributed by atoms with Crippen molar-refractivity contribution in [2.75, 3.05) is 17.2 Å². The van der Waals surface area contributed by atoms with Crippen LogP contribution >= 0.6 is 0 Å². The maximum atomic E-state index is 12.0. The Labute approximate surface area is 140 Å². The number of ether oxygens (including phenoxy) is 1. The first-order valence-corrected chi connectivity index (χ1v) is 8.25. The van der Waals surface area contributed by atoms with E-state index in [-0.39, 0.29) is 5.97 Å². The van der Waals surface area contributed by atoms with E-state index < -0.39 is 0 Å². The van der Waals surface area contributed by atoms with Crippen LogP contribution in [0, 0.1) is 0 Å². The van der Waals surface area contributed by atoms with Crippen molar-refractivity contribution in [2.24, 2.45) is 0 Å². The van der Waals surface area contributed by atoms with Crippen LogP contribution in [0.4, 0.5) is 17.5 Å². The average Bonchev–Trinajstić information content (AvgIpc) is 3.09. The summed E-state index contributed by atoms with van der Waals surface area (Å²) >= 11 is 0. The summed E-state index contributed by atoms with van der Waals surface area (Å²) in [6, 6.07) is 7.57. The molecule has 1 aliphatic rings. The number of esters is 1. The van der Waals surface area contributed by atoms with Gasteiger partial charge in [0, 0.05) is 6.04 Å². The van der Waals surface area contributed by atoms with E-state index in [0.29, 0.717) is 35.7 Å². The molecule has 24 heavy (non-hydrogen) atoms. The first-order chi connectivity index (χ1) is 11.8. The minimum absolute atomic E-state index is 0.331. The van der Waals surface area contributed by atoms with Crippen LogP contribution in [0.1, 0.15) is 43.0 Å². The van der Waals surface area contributed by atoms with Crippen LogP contribution in [0.3, 0.4) is 0 Å². The molecule has 0 bridgehead atoms. The zero-order chi connectivity index (χ0) is 16.8. The number of para-hydroxylation sites is 1. The molecule has 1 fully saturated rings. The summed E-state index contributed by atoms with van der Waals surface area (Å²) in [5.74, 6) is 0.662. The molecule has 1 aromatic heterocycles. The number of hydrogen-bond acceptors (Lipinski definition) is 7. The second kappa shape index (κ2) is 7.72. The quantitative estimate of drug-likeness (QED) is 0.788. The molecule has 1 aliphatic carbocycles. The molecule has 0 aliphatic heterocycles. The summed E-state index contributed by atoms with van der Waals surface area (Å²) < 4.78 is 5.08. The second-order valence-corrected chi connectivity index (χ2v) is 5.68. The van der Waals surface area contributed by atoms with Gasteiger partial charge in [0.25, 0.3) is 0 Å². The number of carbonyl (C=O) groups excluding carboxylic acids is 1. The van der Waals surface area contributed by atoms with Gasteiger partial charge in [0.15, 0.2) is 5.82 Å². The molecule has 126 valence electrons. The third-order valence-electron chi connectivity index (χ3n) is 3.93. The van der Waals surface area contributed by atoms with Crippen LogP contribution in [0.15, 0.2) is 30.5 Å². The minimum Gasteiger partial charge on any atom is -0.462 e. The molecule has 1 heterocycles. The maximum Gasteiger partial charge on any atom is 0.340 e. The SMILES string of the molecule is CCOC(=O)c1ccccc1Nc1cnnc(NC2CCCC2)n1. The number of anilines is 3. The summed E-state index contributed by atoms with van der Waals surface area (Å²) in [5, 5.41) is 14.4. The average molecular weight is 327 g/mol. The van der Waals surface area contributed by atoms with Crippen molar-refractivity contribution in [3.8, 4) is 0 Å². The van der Waals surface area contributed by atoms with Crippen LogP contribution in [-0.2, 0) is 4.74 Å². The lowest BCUT2D eigenvalue weighted by molar-refractivity contribution is 0.0527. The van der Waals surface area contributed by atoms with Gasteiger partial charge in [0.2, 0.25) is 5.95 Å². The van der Waals surface area contributed by atoms with Crippen molar-refractivity contribution in [1.29, 1.82) is 0 Å². The molecule has 7 heteroatoms. The highest BCUT2D eigenvalue weighted by Crippen LogP contribution is 2.23. The Hall–Kier alpha value is -2.70. The summed E-state index contributed by atoms with van der Waals surface area (Å²) in [6.45, 7) is 2.11. The van der Waals surface area contributed by atoms with Gasteiger partial charge in [-0.2, -0.15) is 10.1 Å². The van der Waals surface area contributed by atoms with E-state index in [1.165, 1.54) is 19.0 Å². The molecule has 0 amide bonds. The largest absolute Gasteiger partial charge is 0.462 e. The van der Waals surface area contributed by atoms with Crippen molar-refractivity contribution in [3.05, 3.63) is 36.0 Å². The van der Waals surface area contributed by atoms with E-state index in [1.54, 1.807) is 25.1 Å². The van der Waals surface area contributed by atoms with Gasteiger partial charge in [-0.05, 0) is 31.9 Å². The number of aromatic nitrogens is 3. The highest BCUT2D eigenvalue weighted by molar-refractivity contribution is 5.96. The zero-order valence-corrected chi connectivity index (χ0v) is 13.7. The molecule has 2 N–H and O–H groups in total. The Kier molecular flexibility index (Phi) is 5.20. The zero-order valence-electron chi connectivity index (χ0n) is 13.7. The van der Waals surface area contributed by atoms with Crippen molar-refractivity contribution >= 4 is 23.4 Å². The molecule has 3 rings (SSSR count). The van der Waals surface area contributed by atoms with Gasteiger partial charge >= 0.3 is 5.97 Å². The lowest BCUT2D eigenvalue weighted by Crippen LogP contribution is -2.17. The number of nitrogens with one attached hydrogen (secondary N) is 2. The third-order valence-corrected chi connectivity index (χ3v) is 3.93. The number of hydrogen-bond donors (Lipinski definition) is 2. The van der Waals surface area contributed by atoms with E-state index in [1.807, 2.05) is 6.07 Å². The van der Waals surface area contributed by atoms with Crippen LogP contribution in [0.5, 0.6) is 0 Å². The molecule has 0 radical (unpaired) electrons. The fourth-order valence-electron chi connectivity index (χ4n) is 2.79. The smallest absolute Gasteiger partial charge is 0.340 e. The topological polar surface area (TPSA) is 89.0 Å². The Morgan fingerprint density at radius 1 is 1.29 bits per heavy atom. The highest BCUT2D eigenvalue weighted by atomic mass is 16.5. The van der Waals surface area contributed by atoms with Crippen molar-refractivity contribution in [3.63, 3.8) is 0 Å². The number of benzene rings is 1. The maximum absolute atomic E-state index is 12.0. The van der Waals surface area contributed by atoms with Gasteiger partial charge in [0.05, 0.1) is 24.1 Å². The Balaban J connectivity index is 1.75. The second-order valence-electron chi connectivity index (χ2n) is 5.68. The molecular weight excluding hydrogens is 306 g/mol. The first-order valence-electron chi connectivity index (χ1n) is 8.25. The normalized spacial score (nSPS) is 14.4. The van der Waals surface area contributed by atoms with Crippen LogP contribution < -0.4 is 10.6 Å². The summed E-state index contributed by atoms with van der Waals surface area (Å²) in [4.78, 5) is 16.5. The van der Waals surface area contributed by atoms with E-state index in [2.05, 4.69) is 25.8 Å². The lowest BCUT2D eigenvalue weighted by Gasteiger charge is -2.13. The van der Waals surface area contributed by atoms with Crippen LogP contribution in [0.2, 0.25) is 0 Å². The predicted molar refractivity (Wildman–Crippen MR) is 91.4 cm³/mol. The predicted octanol–water partition coefficient (Wildman–Crippen LogP) is 3.15. The number of rotatable bonds is 6. The van der Waals surface area contributed by atoms with E-state index in [4.69, 9.17) is 4.74 Å². The Morgan fingerprint density at radius 3 is 2.88 bits per heavy atom. The highest BCUT2D eigenvalue weighted by Gasteiger charge is 2.16. The van der Waals surface area contributed by atoms with Crippen molar-refractivity contribution in [2.45, 2.75) is 38.6 Å². The van der Waals surface area contributed by atoms with Gasteiger partial charge < -0.3 is 15.4 Å². The van der Waals surface area contributed by atoms with E-state index in [0.717, 1.165) is 12.8 Å². The molecule has 1 saturated carbocycles. The molecule has 1 aromatic carbocycles. The van der Waals surface area contributed by atoms with Crippen molar-refractivity contribution < 1.29 is 9.53 Å². The molecular formula is C17H21N5O2. The molecule has 7 nitrogen and oxygen atoms in total. The molecule has 0 saturated heterocycles. The molecule has 0 atom stereocenters. The van der Waals surface area contributed by atoms with Crippen molar-refractivity contribution in [1.82, 2.24) is 15.2 Å². The Bertz CT molecular complexity index is 701. The first kappa shape index (κ1) is 16.2. The summed E-state index contributed by atoms with van der Waals surface area (Å²) in [5.41, 5.74) is 1.09. The van der Waals surface area contributed by atoms with Gasteiger partial charge in [-0.3, -0.25) is 0 Å². The number of carbonyl (C=O) groups is 1. The lowest BCUT2D eigenvalue weighted by atomic mass is 10.2. The fourth-order valence-corrected chi connectivity index (χ4v) is 2.79. The van der Waals surface area contributed by atoms with Crippen LogP contribution in [-0.4, -0.2) is 33.8 Å². The van der Waals surface area contributed by atoms with Gasteiger partial charge in [-0.15, -0.1) is 5.10 Å². The Morgan fingerprint density at radius 2 is 2.08 bits per heavy atom. The third kappa shape index (κ3) is 3.98. The number of nitrogens with zero attached hydrogens (tertiary/aromatic N) is 3. The van der Waals surface area contributed by atoms with Crippen LogP contribution in [0.25, 0.3) is 0 Å². The minimum atomic E-state index is -0.369. The summed E-state index contributed by atoms with van der Waals surface area (Å²) in [6.07, 6.45) is 6.26. The molecule has 2 aromatic rings.